The molecule has 1 N–H and O–H groups in total. The number of methoxy groups -OCH3 is 2. The number of carbonyl (C=O) groups excluding carboxylic acids is 2. The smallest absolute Gasteiger partial charge is 0.265 e. The van der Waals surface area contributed by atoms with Gasteiger partial charge in [-0.2, -0.15) is 0 Å². The van der Waals surface area contributed by atoms with Crippen molar-refractivity contribution in [2.45, 2.75) is 11.4 Å². The molecule has 0 bridgehead atoms. The molecule has 0 fully saturated rings. The molecule has 0 spiro atoms. The van der Waals surface area contributed by atoms with Gasteiger partial charge in [0, 0.05) is 24.6 Å². The summed E-state index contributed by atoms with van der Waals surface area (Å²) in [5.74, 6) is 0.222. The molecule has 146 valence electrons. The van der Waals surface area contributed by atoms with Crippen LogP contribution in [-0.2, 0) is 20.9 Å². The fourth-order valence-corrected chi connectivity index (χ4v) is 3.85. The standard InChI is InChI=1S/C21H22N2O4S/c1-26-11-10-22-20(24)13-19-21(25)23(17-8-3-4-9-18(17)28-19)14-15-6-5-7-16(12-15)27-2/h3-9,12-13H,10-11,14H2,1-2H3,(H,22,24)/b19-13+. The topological polar surface area (TPSA) is 67.9 Å². The summed E-state index contributed by atoms with van der Waals surface area (Å²) < 4.78 is 10.2. The number of anilines is 1. The van der Waals surface area contributed by atoms with Gasteiger partial charge in [-0.05, 0) is 29.8 Å². The molecule has 0 unspecified atom stereocenters. The summed E-state index contributed by atoms with van der Waals surface area (Å²) in [6.07, 6.45) is 1.36. The maximum absolute atomic E-state index is 13.1. The number of hydrogen-bond acceptors (Lipinski definition) is 5. The lowest BCUT2D eigenvalue weighted by molar-refractivity contribution is -0.118. The zero-order valence-corrected chi connectivity index (χ0v) is 16.6. The second-order valence-electron chi connectivity index (χ2n) is 6.11. The first kappa shape index (κ1) is 20.0. The van der Waals surface area contributed by atoms with Crippen LogP contribution < -0.4 is 15.0 Å². The highest BCUT2D eigenvalue weighted by molar-refractivity contribution is 8.04. The molecule has 2 aromatic carbocycles. The molecular weight excluding hydrogens is 376 g/mol. The first-order valence-electron chi connectivity index (χ1n) is 8.82. The molecule has 7 heteroatoms. The molecule has 2 aromatic rings. The van der Waals surface area contributed by atoms with Crippen molar-refractivity contribution in [2.75, 3.05) is 32.3 Å². The van der Waals surface area contributed by atoms with Crippen molar-refractivity contribution in [1.29, 1.82) is 0 Å². The third-order valence-corrected chi connectivity index (χ3v) is 5.25. The lowest BCUT2D eigenvalue weighted by Gasteiger charge is -2.30. The van der Waals surface area contributed by atoms with Gasteiger partial charge in [0.05, 0.1) is 30.9 Å². The van der Waals surface area contributed by atoms with E-state index in [1.165, 1.54) is 17.8 Å². The molecule has 3 rings (SSSR count). The van der Waals surface area contributed by atoms with E-state index in [1.54, 1.807) is 19.1 Å². The van der Waals surface area contributed by atoms with Crippen LogP contribution >= 0.6 is 11.8 Å². The number of amides is 2. The summed E-state index contributed by atoms with van der Waals surface area (Å²) in [7, 11) is 3.18. The Balaban J connectivity index is 1.87. The molecule has 1 aliphatic heterocycles. The molecule has 0 radical (unpaired) electrons. The maximum Gasteiger partial charge on any atom is 0.265 e. The number of carbonyl (C=O) groups is 2. The summed E-state index contributed by atoms with van der Waals surface area (Å²) >= 11 is 1.31. The molecule has 0 saturated carbocycles. The Bertz CT molecular complexity index is 897. The molecular formula is C21H22N2O4S. The molecule has 0 saturated heterocycles. The molecule has 2 amide bonds. The highest BCUT2D eigenvalue weighted by atomic mass is 32.2. The second-order valence-corrected chi connectivity index (χ2v) is 7.19. The third kappa shape index (κ3) is 4.74. The van der Waals surface area contributed by atoms with Gasteiger partial charge in [0.1, 0.15) is 5.75 Å². The van der Waals surface area contributed by atoms with E-state index >= 15 is 0 Å². The van der Waals surface area contributed by atoms with E-state index in [4.69, 9.17) is 9.47 Å². The maximum atomic E-state index is 13.1. The van der Waals surface area contributed by atoms with E-state index in [0.29, 0.717) is 24.6 Å². The van der Waals surface area contributed by atoms with Crippen LogP contribution in [0.3, 0.4) is 0 Å². The van der Waals surface area contributed by atoms with Crippen molar-refractivity contribution in [3.8, 4) is 5.75 Å². The average molecular weight is 398 g/mol. The van der Waals surface area contributed by atoms with Gasteiger partial charge in [-0.1, -0.05) is 36.0 Å². The van der Waals surface area contributed by atoms with E-state index in [9.17, 15) is 9.59 Å². The van der Waals surface area contributed by atoms with Crippen LogP contribution in [0.15, 0.2) is 64.4 Å². The minimum Gasteiger partial charge on any atom is -0.497 e. The number of ether oxygens (including phenoxy) is 2. The van der Waals surface area contributed by atoms with Crippen LogP contribution in [0.5, 0.6) is 5.75 Å². The number of para-hydroxylation sites is 1. The molecule has 0 aromatic heterocycles. The van der Waals surface area contributed by atoms with Crippen LogP contribution in [-0.4, -0.2) is 39.2 Å². The van der Waals surface area contributed by atoms with Crippen molar-refractivity contribution in [2.24, 2.45) is 0 Å². The zero-order valence-electron chi connectivity index (χ0n) is 15.8. The predicted octanol–water partition coefficient (Wildman–Crippen LogP) is 2.98. The van der Waals surface area contributed by atoms with E-state index in [0.717, 1.165) is 21.9 Å². The Morgan fingerprint density at radius 1 is 1.18 bits per heavy atom. The number of nitrogens with zero attached hydrogens (tertiary/aromatic N) is 1. The van der Waals surface area contributed by atoms with Gasteiger partial charge in [0.2, 0.25) is 5.91 Å². The summed E-state index contributed by atoms with van der Waals surface area (Å²) in [4.78, 5) is 28.3. The lowest BCUT2D eigenvalue weighted by atomic mass is 10.1. The van der Waals surface area contributed by atoms with Gasteiger partial charge in [-0.3, -0.25) is 9.59 Å². The fraction of sp³-hybridized carbons (Fsp3) is 0.238. The Morgan fingerprint density at radius 3 is 2.79 bits per heavy atom. The zero-order chi connectivity index (χ0) is 19.9. The van der Waals surface area contributed by atoms with Crippen LogP contribution in [0.1, 0.15) is 5.56 Å². The van der Waals surface area contributed by atoms with E-state index < -0.39 is 0 Å². The molecule has 0 atom stereocenters. The van der Waals surface area contributed by atoms with Crippen molar-refractivity contribution in [1.82, 2.24) is 5.32 Å². The molecule has 1 aliphatic rings. The number of thioether (sulfide) groups is 1. The van der Waals surface area contributed by atoms with E-state index in [2.05, 4.69) is 5.32 Å². The van der Waals surface area contributed by atoms with Crippen LogP contribution in [0.25, 0.3) is 0 Å². The van der Waals surface area contributed by atoms with Crippen LogP contribution in [0.4, 0.5) is 5.69 Å². The SMILES string of the molecule is COCCNC(=O)/C=C1/Sc2ccccc2N(Cc2cccc(OC)c2)C1=O. The normalized spacial score (nSPS) is 14.7. The minimum atomic E-state index is -0.311. The Morgan fingerprint density at radius 2 is 2.00 bits per heavy atom. The number of fused-ring (bicyclic) bond motifs is 1. The average Bonchev–Trinajstić information content (AvgIpc) is 2.71. The first-order chi connectivity index (χ1) is 13.6. The highest BCUT2D eigenvalue weighted by Crippen LogP contribution is 2.41. The fourth-order valence-electron chi connectivity index (χ4n) is 2.82. The minimum absolute atomic E-state index is 0.201. The molecule has 0 aliphatic carbocycles. The highest BCUT2D eigenvalue weighted by Gasteiger charge is 2.29. The Hall–Kier alpha value is -2.77. The van der Waals surface area contributed by atoms with Gasteiger partial charge < -0.3 is 19.7 Å². The number of nitrogens with one attached hydrogen (secondary N) is 1. The third-order valence-electron chi connectivity index (χ3n) is 4.17. The molecule has 1 heterocycles. The summed E-state index contributed by atoms with van der Waals surface area (Å²) in [6, 6.07) is 15.3. The predicted molar refractivity (Wildman–Crippen MR) is 109 cm³/mol. The number of benzene rings is 2. The van der Waals surface area contributed by atoms with E-state index in [1.807, 2.05) is 48.5 Å². The van der Waals surface area contributed by atoms with Gasteiger partial charge in [-0.25, -0.2) is 0 Å². The number of hydrogen-bond donors (Lipinski definition) is 1. The van der Waals surface area contributed by atoms with Gasteiger partial charge in [0.25, 0.3) is 5.91 Å². The van der Waals surface area contributed by atoms with E-state index in [-0.39, 0.29) is 11.8 Å². The lowest BCUT2D eigenvalue weighted by Crippen LogP contribution is -2.35. The van der Waals surface area contributed by atoms with Gasteiger partial charge in [0.15, 0.2) is 0 Å². The number of rotatable bonds is 7. The summed E-state index contributed by atoms with van der Waals surface area (Å²) in [5.41, 5.74) is 1.77. The van der Waals surface area contributed by atoms with Crippen molar-refractivity contribution in [3.05, 3.63) is 65.1 Å². The second kappa shape index (κ2) is 9.43. The Kier molecular flexibility index (Phi) is 6.73. The summed E-state index contributed by atoms with van der Waals surface area (Å²) in [6.45, 7) is 1.19. The Labute approximate surface area is 168 Å². The van der Waals surface area contributed by atoms with Gasteiger partial charge >= 0.3 is 0 Å². The molecule has 6 nitrogen and oxygen atoms in total. The molecule has 28 heavy (non-hydrogen) atoms. The van der Waals surface area contributed by atoms with Crippen LogP contribution in [0.2, 0.25) is 0 Å². The monoisotopic (exact) mass is 398 g/mol. The van der Waals surface area contributed by atoms with Crippen molar-refractivity contribution in [3.63, 3.8) is 0 Å². The quantitative estimate of drug-likeness (QED) is 0.574. The van der Waals surface area contributed by atoms with Crippen LogP contribution in [0, 0.1) is 0 Å². The summed E-state index contributed by atoms with van der Waals surface area (Å²) in [5, 5.41) is 2.71. The first-order valence-corrected chi connectivity index (χ1v) is 9.64. The van der Waals surface area contributed by atoms with Gasteiger partial charge in [-0.15, -0.1) is 0 Å². The van der Waals surface area contributed by atoms with Crippen molar-refractivity contribution < 1.29 is 19.1 Å². The largest absolute Gasteiger partial charge is 0.497 e. The van der Waals surface area contributed by atoms with Crippen molar-refractivity contribution >= 4 is 29.3 Å².